The van der Waals surface area contributed by atoms with Crippen molar-refractivity contribution in [3.05, 3.63) is 101 Å². The summed E-state index contributed by atoms with van der Waals surface area (Å²) in [5.41, 5.74) is 5.26. The third-order valence-corrected chi connectivity index (χ3v) is 6.60. The van der Waals surface area contributed by atoms with E-state index in [1.165, 1.54) is 16.1 Å². The molecule has 0 aliphatic carbocycles. The molecular weight excluding hydrogens is 420 g/mol. The molecule has 168 valence electrons. The molecule has 0 saturated heterocycles. The molecule has 0 aliphatic heterocycles. The normalized spacial score (nSPS) is 12.2. The monoisotopic (exact) mass is 450 g/mol. The number of nitrogens with one attached hydrogen (secondary N) is 1. The second-order valence-corrected chi connectivity index (χ2v) is 10.1. The summed E-state index contributed by atoms with van der Waals surface area (Å²) in [6.07, 6.45) is 1.96. The predicted octanol–water partition coefficient (Wildman–Crippen LogP) is 5.15. The van der Waals surface area contributed by atoms with Crippen LogP contribution >= 0.6 is 0 Å². The zero-order valence-electron chi connectivity index (χ0n) is 19.0. The number of hydrogen-bond donors (Lipinski definition) is 1. The molecule has 0 radical (unpaired) electrons. The van der Waals surface area contributed by atoms with Gasteiger partial charge in [0.15, 0.2) is 0 Å². The maximum Gasteiger partial charge on any atom is 0.251 e. The second kappa shape index (κ2) is 10.0. The fraction of sp³-hybridized carbons (Fsp3) is 0.269. The molecular formula is C26H30N2O3S. The number of rotatable bonds is 8. The van der Waals surface area contributed by atoms with Gasteiger partial charge in [0.05, 0.1) is 24.5 Å². The van der Waals surface area contributed by atoms with Crippen molar-refractivity contribution < 1.29 is 13.2 Å². The molecule has 0 unspecified atom stereocenters. The SMILES string of the molecule is CC[C@@H](NC(=O)c1ccc(N(Cc2ccc(C)cc2)S(C)(=O)=O)cc1)c1ccc(C)cc1. The van der Waals surface area contributed by atoms with E-state index >= 15 is 0 Å². The van der Waals surface area contributed by atoms with Crippen molar-refractivity contribution in [3.8, 4) is 0 Å². The molecule has 0 saturated carbocycles. The van der Waals surface area contributed by atoms with Crippen LogP contribution < -0.4 is 9.62 Å². The number of anilines is 1. The first-order valence-electron chi connectivity index (χ1n) is 10.7. The minimum atomic E-state index is -3.49. The van der Waals surface area contributed by atoms with E-state index in [-0.39, 0.29) is 18.5 Å². The van der Waals surface area contributed by atoms with Crippen LogP contribution in [0.3, 0.4) is 0 Å². The van der Waals surface area contributed by atoms with Crippen LogP contribution in [0.1, 0.15) is 52.0 Å². The lowest BCUT2D eigenvalue weighted by molar-refractivity contribution is 0.0935. The first-order chi connectivity index (χ1) is 15.2. The molecule has 3 aromatic rings. The number of sulfonamides is 1. The summed E-state index contributed by atoms with van der Waals surface area (Å²) >= 11 is 0. The summed E-state index contributed by atoms with van der Waals surface area (Å²) in [6.45, 7) is 6.28. The summed E-state index contributed by atoms with van der Waals surface area (Å²) in [6, 6.07) is 22.5. The van der Waals surface area contributed by atoms with E-state index in [2.05, 4.69) is 5.32 Å². The Morgan fingerprint density at radius 2 is 1.41 bits per heavy atom. The van der Waals surface area contributed by atoms with Gasteiger partial charge in [0, 0.05) is 5.56 Å². The Hall–Kier alpha value is -3.12. The molecule has 0 fully saturated rings. The van der Waals surface area contributed by atoms with Crippen molar-refractivity contribution in [2.75, 3.05) is 10.6 Å². The number of benzene rings is 3. The number of nitrogens with zero attached hydrogens (tertiary/aromatic N) is 1. The fourth-order valence-electron chi connectivity index (χ4n) is 3.50. The van der Waals surface area contributed by atoms with Crippen LogP contribution in [0.2, 0.25) is 0 Å². The Balaban J connectivity index is 1.77. The van der Waals surface area contributed by atoms with Gasteiger partial charge in [-0.1, -0.05) is 66.6 Å². The molecule has 6 heteroatoms. The maximum absolute atomic E-state index is 12.8. The smallest absolute Gasteiger partial charge is 0.251 e. The molecule has 1 N–H and O–H groups in total. The standard InChI is InChI=1S/C26H30N2O3S/c1-5-25(22-12-8-20(3)9-13-22)27-26(29)23-14-16-24(17-15-23)28(32(4,30)31)18-21-10-6-19(2)7-11-21/h6-17,25H,5,18H2,1-4H3,(H,27,29)/t25-/m1/s1. The molecule has 0 aliphatic rings. The number of carbonyl (C=O) groups is 1. The van der Waals surface area contributed by atoms with Crippen LogP contribution in [0.25, 0.3) is 0 Å². The van der Waals surface area contributed by atoms with Gasteiger partial charge in [-0.25, -0.2) is 8.42 Å². The zero-order chi connectivity index (χ0) is 23.3. The van der Waals surface area contributed by atoms with Gasteiger partial charge in [-0.05, 0) is 55.7 Å². The van der Waals surface area contributed by atoms with Crippen molar-refractivity contribution >= 4 is 21.6 Å². The largest absolute Gasteiger partial charge is 0.345 e. The number of hydrogen-bond acceptors (Lipinski definition) is 3. The molecule has 0 spiro atoms. The van der Waals surface area contributed by atoms with Crippen molar-refractivity contribution in [1.82, 2.24) is 5.32 Å². The van der Waals surface area contributed by atoms with Crippen molar-refractivity contribution in [2.45, 2.75) is 39.8 Å². The van der Waals surface area contributed by atoms with E-state index < -0.39 is 10.0 Å². The Morgan fingerprint density at radius 1 is 0.875 bits per heavy atom. The van der Waals surface area contributed by atoms with E-state index in [9.17, 15) is 13.2 Å². The van der Waals surface area contributed by atoms with E-state index in [0.717, 1.165) is 23.1 Å². The number of carbonyl (C=O) groups excluding carboxylic acids is 1. The summed E-state index contributed by atoms with van der Waals surface area (Å²) in [5.74, 6) is -0.187. The molecule has 0 bridgehead atoms. The van der Waals surface area contributed by atoms with Gasteiger partial charge in [0.1, 0.15) is 0 Å². The summed E-state index contributed by atoms with van der Waals surface area (Å²) in [7, 11) is -3.49. The van der Waals surface area contributed by atoms with Gasteiger partial charge < -0.3 is 5.32 Å². The summed E-state index contributed by atoms with van der Waals surface area (Å²) in [4.78, 5) is 12.8. The molecule has 0 heterocycles. The van der Waals surface area contributed by atoms with E-state index in [4.69, 9.17) is 0 Å². The van der Waals surface area contributed by atoms with Gasteiger partial charge in [0.2, 0.25) is 10.0 Å². The minimum Gasteiger partial charge on any atom is -0.345 e. The minimum absolute atomic E-state index is 0.0863. The molecule has 5 nitrogen and oxygen atoms in total. The van der Waals surface area contributed by atoms with Gasteiger partial charge >= 0.3 is 0 Å². The van der Waals surface area contributed by atoms with Crippen LogP contribution in [0.4, 0.5) is 5.69 Å². The lowest BCUT2D eigenvalue weighted by Gasteiger charge is -2.23. The topological polar surface area (TPSA) is 66.5 Å². The first kappa shape index (κ1) is 23.5. The summed E-state index contributed by atoms with van der Waals surface area (Å²) in [5, 5.41) is 3.07. The highest BCUT2D eigenvalue weighted by Crippen LogP contribution is 2.23. The zero-order valence-corrected chi connectivity index (χ0v) is 19.8. The van der Waals surface area contributed by atoms with Gasteiger partial charge in [-0.3, -0.25) is 9.10 Å². The van der Waals surface area contributed by atoms with Crippen molar-refractivity contribution in [2.24, 2.45) is 0 Å². The highest BCUT2D eigenvalue weighted by Gasteiger charge is 2.19. The molecule has 32 heavy (non-hydrogen) atoms. The predicted molar refractivity (Wildman–Crippen MR) is 130 cm³/mol. The van der Waals surface area contributed by atoms with Crippen LogP contribution in [-0.4, -0.2) is 20.6 Å². The van der Waals surface area contributed by atoms with Crippen molar-refractivity contribution in [1.29, 1.82) is 0 Å². The number of amides is 1. The van der Waals surface area contributed by atoms with E-state index in [1.54, 1.807) is 24.3 Å². The quantitative estimate of drug-likeness (QED) is 0.516. The van der Waals surface area contributed by atoms with E-state index in [0.29, 0.717) is 11.3 Å². The van der Waals surface area contributed by atoms with Gasteiger partial charge in [0.25, 0.3) is 5.91 Å². The Kier molecular flexibility index (Phi) is 7.36. The summed E-state index contributed by atoms with van der Waals surface area (Å²) < 4.78 is 26.2. The molecule has 1 atom stereocenters. The van der Waals surface area contributed by atoms with Crippen LogP contribution in [0, 0.1) is 13.8 Å². The Labute approximate surface area is 191 Å². The highest BCUT2D eigenvalue weighted by molar-refractivity contribution is 7.92. The molecule has 0 aromatic heterocycles. The van der Waals surface area contributed by atoms with Crippen molar-refractivity contribution in [3.63, 3.8) is 0 Å². The van der Waals surface area contributed by atoms with E-state index in [1.807, 2.05) is 69.3 Å². The average molecular weight is 451 g/mol. The third kappa shape index (κ3) is 5.98. The second-order valence-electron chi connectivity index (χ2n) is 8.15. The molecule has 3 aromatic carbocycles. The van der Waals surface area contributed by atoms with Crippen LogP contribution in [-0.2, 0) is 16.6 Å². The van der Waals surface area contributed by atoms with Crippen LogP contribution in [0.5, 0.6) is 0 Å². The maximum atomic E-state index is 12.8. The number of aryl methyl sites for hydroxylation is 2. The fourth-order valence-corrected chi connectivity index (χ4v) is 4.39. The molecule has 1 amide bonds. The first-order valence-corrected chi connectivity index (χ1v) is 12.5. The molecule has 3 rings (SSSR count). The Morgan fingerprint density at radius 3 is 1.91 bits per heavy atom. The third-order valence-electron chi connectivity index (χ3n) is 5.46. The lowest BCUT2D eigenvalue weighted by atomic mass is 10.0. The van der Waals surface area contributed by atoms with Gasteiger partial charge in [-0.15, -0.1) is 0 Å². The van der Waals surface area contributed by atoms with Crippen LogP contribution in [0.15, 0.2) is 72.8 Å². The lowest BCUT2D eigenvalue weighted by Crippen LogP contribution is -2.30. The Bertz CT molecular complexity index is 1150. The van der Waals surface area contributed by atoms with Gasteiger partial charge in [-0.2, -0.15) is 0 Å². The average Bonchev–Trinajstić information content (AvgIpc) is 2.77. The highest BCUT2D eigenvalue weighted by atomic mass is 32.2.